The van der Waals surface area contributed by atoms with Crippen molar-refractivity contribution in [3.05, 3.63) is 47.3 Å². The SMILES string of the molecule is Cc1noc(C)c1CN1CCC2(CC[C@H]2NS(=O)(=O)c2ccccc2)CC1. The maximum absolute atomic E-state index is 12.7. The molecule has 2 aromatic rings. The number of nitrogens with one attached hydrogen (secondary N) is 1. The van der Waals surface area contributed by atoms with Crippen molar-refractivity contribution in [3.8, 4) is 0 Å². The van der Waals surface area contributed by atoms with E-state index < -0.39 is 10.0 Å². The minimum Gasteiger partial charge on any atom is -0.361 e. The van der Waals surface area contributed by atoms with Gasteiger partial charge in [0, 0.05) is 18.2 Å². The Balaban J connectivity index is 1.38. The summed E-state index contributed by atoms with van der Waals surface area (Å²) in [6, 6.07) is 8.71. The van der Waals surface area contributed by atoms with Crippen molar-refractivity contribution in [1.82, 2.24) is 14.8 Å². The second kappa shape index (κ2) is 7.04. The smallest absolute Gasteiger partial charge is 0.240 e. The minimum atomic E-state index is -3.45. The fourth-order valence-corrected chi connectivity index (χ4v) is 5.84. The van der Waals surface area contributed by atoms with E-state index in [1.54, 1.807) is 24.3 Å². The lowest BCUT2D eigenvalue weighted by Crippen LogP contribution is -2.58. The van der Waals surface area contributed by atoms with Gasteiger partial charge in [0.2, 0.25) is 10.0 Å². The van der Waals surface area contributed by atoms with Crippen LogP contribution in [-0.2, 0) is 16.6 Å². The summed E-state index contributed by atoms with van der Waals surface area (Å²) < 4.78 is 33.6. The van der Waals surface area contributed by atoms with E-state index in [9.17, 15) is 8.42 Å². The van der Waals surface area contributed by atoms with E-state index in [1.807, 2.05) is 19.9 Å². The molecule has 1 atom stereocenters. The first-order valence-corrected chi connectivity index (χ1v) is 11.1. The lowest BCUT2D eigenvalue weighted by Gasteiger charge is -2.54. The number of rotatable bonds is 5. The highest BCUT2D eigenvalue weighted by molar-refractivity contribution is 7.89. The molecular weight excluding hydrogens is 362 g/mol. The first-order valence-electron chi connectivity index (χ1n) is 9.61. The van der Waals surface area contributed by atoms with Crippen LogP contribution in [0, 0.1) is 19.3 Å². The Labute approximate surface area is 161 Å². The highest BCUT2D eigenvalue weighted by atomic mass is 32.2. The molecule has 2 heterocycles. The Morgan fingerprint density at radius 1 is 1.19 bits per heavy atom. The number of hydrogen-bond donors (Lipinski definition) is 1. The van der Waals surface area contributed by atoms with Crippen molar-refractivity contribution in [1.29, 1.82) is 0 Å². The molecule has 1 aromatic carbocycles. The number of sulfonamides is 1. The van der Waals surface area contributed by atoms with Gasteiger partial charge in [0.15, 0.2) is 0 Å². The van der Waals surface area contributed by atoms with Gasteiger partial charge in [-0.25, -0.2) is 13.1 Å². The molecule has 4 rings (SSSR count). The first kappa shape index (κ1) is 18.7. The summed E-state index contributed by atoms with van der Waals surface area (Å²) in [7, 11) is -3.45. The van der Waals surface area contributed by atoms with Crippen molar-refractivity contribution in [2.24, 2.45) is 5.41 Å². The molecule has 2 aliphatic rings. The topological polar surface area (TPSA) is 75.4 Å². The summed E-state index contributed by atoms with van der Waals surface area (Å²) in [5.74, 6) is 0.893. The van der Waals surface area contributed by atoms with E-state index in [4.69, 9.17) is 4.52 Å². The van der Waals surface area contributed by atoms with Gasteiger partial charge in [-0.15, -0.1) is 0 Å². The molecule has 1 N–H and O–H groups in total. The van der Waals surface area contributed by atoms with E-state index in [2.05, 4.69) is 14.8 Å². The molecule has 146 valence electrons. The standard InChI is InChI=1S/C20H27N3O3S/c1-15-18(16(2)26-21-15)14-23-12-10-20(11-13-23)9-8-19(20)22-27(24,25)17-6-4-3-5-7-17/h3-7,19,22H,8-14H2,1-2H3/t19-/m1/s1. The Hall–Kier alpha value is -1.70. The summed E-state index contributed by atoms with van der Waals surface area (Å²) in [5, 5.41) is 4.04. The molecule has 0 bridgehead atoms. The highest BCUT2D eigenvalue weighted by Crippen LogP contribution is 2.49. The molecule has 0 unspecified atom stereocenters. The number of aromatic nitrogens is 1. The van der Waals surface area contributed by atoms with Crippen LogP contribution in [0.15, 0.2) is 39.8 Å². The zero-order valence-electron chi connectivity index (χ0n) is 15.9. The van der Waals surface area contributed by atoms with Crippen LogP contribution < -0.4 is 4.72 Å². The average Bonchev–Trinajstić information content (AvgIpc) is 2.99. The van der Waals surface area contributed by atoms with Crippen LogP contribution in [0.1, 0.15) is 42.7 Å². The van der Waals surface area contributed by atoms with Gasteiger partial charge >= 0.3 is 0 Å². The molecule has 1 aliphatic carbocycles. The zero-order valence-corrected chi connectivity index (χ0v) is 16.8. The summed E-state index contributed by atoms with van der Waals surface area (Å²) in [4.78, 5) is 2.78. The van der Waals surface area contributed by atoms with Crippen LogP contribution >= 0.6 is 0 Å². The van der Waals surface area contributed by atoms with Crippen molar-refractivity contribution >= 4 is 10.0 Å². The van der Waals surface area contributed by atoms with Crippen LogP contribution in [0.3, 0.4) is 0 Å². The maximum Gasteiger partial charge on any atom is 0.240 e. The van der Waals surface area contributed by atoms with Gasteiger partial charge in [-0.3, -0.25) is 4.90 Å². The lowest BCUT2D eigenvalue weighted by molar-refractivity contribution is 0.000564. The van der Waals surface area contributed by atoms with Crippen LogP contribution in [0.4, 0.5) is 0 Å². The second-order valence-electron chi connectivity index (χ2n) is 7.97. The Bertz CT molecular complexity index is 880. The van der Waals surface area contributed by atoms with E-state index in [0.29, 0.717) is 4.90 Å². The van der Waals surface area contributed by atoms with E-state index >= 15 is 0 Å². The number of aryl methyl sites for hydroxylation is 2. The average molecular weight is 390 g/mol. The fraction of sp³-hybridized carbons (Fsp3) is 0.550. The first-order chi connectivity index (χ1) is 12.9. The molecular formula is C20H27N3O3S. The highest BCUT2D eigenvalue weighted by Gasteiger charge is 2.49. The second-order valence-corrected chi connectivity index (χ2v) is 9.68. The van der Waals surface area contributed by atoms with Crippen molar-refractivity contribution in [3.63, 3.8) is 0 Å². The largest absolute Gasteiger partial charge is 0.361 e. The van der Waals surface area contributed by atoms with Crippen LogP contribution in [0.2, 0.25) is 0 Å². The third-order valence-electron chi connectivity index (χ3n) is 6.44. The molecule has 6 nitrogen and oxygen atoms in total. The Morgan fingerprint density at radius 3 is 2.44 bits per heavy atom. The van der Waals surface area contributed by atoms with Gasteiger partial charge in [0.05, 0.1) is 10.6 Å². The van der Waals surface area contributed by atoms with Gasteiger partial charge in [-0.1, -0.05) is 23.4 Å². The Morgan fingerprint density at radius 2 is 1.89 bits per heavy atom. The van der Waals surface area contributed by atoms with Crippen molar-refractivity contribution in [2.75, 3.05) is 13.1 Å². The summed E-state index contributed by atoms with van der Waals surface area (Å²) in [5.41, 5.74) is 2.25. The number of likely N-dealkylation sites (tertiary alicyclic amines) is 1. The Kier molecular flexibility index (Phi) is 4.86. The van der Waals surface area contributed by atoms with Crippen LogP contribution in [-0.4, -0.2) is 37.6 Å². The number of benzene rings is 1. The van der Waals surface area contributed by atoms with E-state index in [0.717, 1.165) is 56.8 Å². The number of hydrogen-bond acceptors (Lipinski definition) is 5. The predicted molar refractivity (Wildman–Crippen MR) is 103 cm³/mol. The van der Waals surface area contributed by atoms with Crippen LogP contribution in [0.5, 0.6) is 0 Å². The third kappa shape index (κ3) is 3.56. The number of piperidine rings is 1. The molecule has 1 aliphatic heterocycles. The van der Waals surface area contributed by atoms with E-state index in [-0.39, 0.29) is 11.5 Å². The molecule has 0 amide bonds. The summed E-state index contributed by atoms with van der Waals surface area (Å²) >= 11 is 0. The summed E-state index contributed by atoms with van der Waals surface area (Å²) in [6.45, 7) is 6.76. The molecule has 2 fully saturated rings. The fourth-order valence-electron chi connectivity index (χ4n) is 4.44. The van der Waals surface area contributed by atoms with Gasteiger partial charge in [0.25, 0.3) is 0 Å². The lowest BCUT2D eigenvalue weighted by atomic mass is 9.59. The van der Waals surface area contributed by atoms with Gasteiger partial charge in [-0.05, 0) is 70.2 Å². The molecule has 1 saturated carbocycles. The van der Waals surface area contributed by atoms with E-state index in [1.165, 1.54) is 5.56 Å². The van der Waals surface area contributed by atoms with Gasteiger partial charge in [-0.2, -0.15) is 0 Å². The molecule has 1 aromatic heterocycles. The molecule has 27 heavy (non-hydrogen) atoms. The monoisotopic (exact) mass is 389 g/mol. The molecule has 0 radical (unpaired) electrons. The normalized spacial score (nSPS) is 22.7. The van der Waals surface area contributed by atoms with Gasteiger partial charge < -0.3 is 4.52 Å². The predicted octanol–water partition coefficient (Wildman–Crippen LogP) is 3.01. The number of nitrogens with zero attached hydrogens (tertiary/aromatic N) is 2. The zero-order chi connectivity index (χ0) is 19.1. The van der Waals surface area contributed by atoms with Crippen molar-refractivity contribution < 1.29 is 12.9 Å². The third-order valence-corrected chi connectivity index (χ3v) is 7.92. The quantitative estimate of drug-likeness (QED) is 0.851. The minimum absolute atomic E-state index is 0.0453. The van der Waals surface area contributed by atoms with Crippen LogP contribution in [0.25, 0.3) is 0 Å². The van der Waals surface area contributed by atoms with Gasteiger partial charge in [0.1, 0.15) is 5.76 Å². The maximum atomic E-state index is 12.7. The van der Waals surface area contributed by atoms with Crippen molar-refractivity contribution in [2.45, 2.75) is 57.0 Å². The molecule has 1 spiro atoms. The molecule has 1 saturated heterocycles. The molecule has 7 heteroatoms. The summed E-state index contributed by atoms with van der Waals surface area (Å²) in [6.07, 6.45) is 4.08.